The fourth-order valence-electron chi connectivity index (χ4n) is 1.60. The normalized spacial score (nSPS) is 11.3. The SMILES string of the molecule is COc1ccc(OCCS(=O)(=O)Cc2nnnn2C)cc1. The number of rotatable bonds is 7. The van der Waals surface area contributed by atoms with Gasteiger partial charge >= 0.3 is 0 Å². The number of hydrogen-bond acceptors (Lipinski definition) is 7. The van der Waals surface area contributed by atoms with Crippen LogP contribution in [-0.4, -0.2) is 48.1 Å². The zero-order valence-electron chi connectivity index (χ0n) is 11.8. The van der Waals surface area contributed by atoms with Crippen molar-refractivity contribution in [1.29, 1.82) is 0 Å². The molecular weight excluding hydrogens is 296 g/mol. The predicted octanol–water partition coefficient (Wildman–Crippen LogP) is 0.212. The van der Waals surface area contributed by atoms with E-state index in [1.54, 1.807) is 38.4 Å². The minimum absolute atomic E-state index is 0.0694. The molecule has 0 atom stereocenters. The summed E-state index contributed by atoms with van der Waals surface area (Å²) in [6.07, 6.45) is 0. The van der Waals surface area contributed by atoms with Gasteiger partial charge in [-0.15, -0.1) is 5.10 Å². The molecule has 1 aromatic carbocycles. The van der Waals surface area contributed by atoms with E-state index in [4.69, 9.17) is 9.47 Å². The number of aromatic nitrogens is 4. The molecule has 0 aliphatic carbocycles. The van der Waals surface area contributed by atoms with Crippen molar-refractivity contribution >= 4 is 9.84 Å². The Morgan fingerprint density at radius 2 is 1.86 bits per heavy atom. The van der Waals surface area contributed by atoms with Crippen LogP contribution in [-0.2, 0) is 22.6 Å². The van der Waals surface area contributed by atoms with Crippen LogP contribution in [0, 0.1) is 0 Å². The van der Waals surface area contributed by atoms with Gasteiger partial charge in [-0.05, 0) is 34.7 Å². The van der Waals surface area contributed by atoms with E-state index in [0.29, 0.717) is 17.3 Å². The highest BCUT2D eigenvalue weighted by Crippen LogP contribution is 2.17. The van der Waals surface area contributed by atoms with Gasteiger partial charge in [0.25, 0.3) is 0 Å². The standard InChI is InChI=1S/C12H16N4O4S/c1-16-12(13-14-15-16)9-21(17,18)8-7-20-11-5-3-10(19-2)4-6-11/h3-6H,7-9H2,1-2H3. The summed E-state index contributed by atoms with van der Waals surface area (Å²) in [6, 6.07) is 6.93. The van der Waals surface area contributed by atoms with Crippen molar-refractivity contribution in [3.05, 3.63) is 30.1 Å². The van der Waals surface area contributed by atoms with Gasteiger partial charge in [-0.1, -0.05) is 0 Å². The molecule has 0 saturated carbocycles. The molecule has 2 aromatic rings. The quantitative estimate of drug-likeness (QED) is 0.721. The van der Waals surface area contributed by atoms with Crippen molar-refractivity contribution in [1.82, 2.24) is 20.2 Å². The number of benzene rings is 1. The lowest BCUT2D eigenvalue weighted by Gasteiger charge is -2.07. The molecule has 0 aliphatic rings. The van der Waals surface area contributed by atoms with E-state index in [2.05, 4.69) is 15.5 Å². The van der Waals surface area contributed by atoms with Gasteiger partial charge in [-0.25, -0.2) is 13.1 Å². The van der Waals surface area contributed by atoms with Gasteiger partial charge in [0.15, 0.2) is 15.7 Å². The summed E-state index contributed by atoms with van der Waals surface area (Å²) in [6.45, 7) is 0.0694. The molecule has 9 heteroatoms. The summed E-state index contributed by atoms with van der Waals surface area (Å²) >= 11 is 0. The fraction of sp³-hybridized carbons (Fsp3) is 0.417. The highest BCUT2D eigenvalue weighted by molar-refractivity contribution is 7.90. The molecule has 0 fully saturated rings. The molecule has 0 radical (unpaired) electrons. The molecule has 0 spiro atoms. The Hall–Kier alpha value is -2.16. The van der Waals surface area contributed by atoms with Crippen LogP contribution in [0.5, 0.6) is 11.5 Å². The van der Waals surface area contributed by atoms with E-state index < -0.39 is 9.84 Å². The Morgan fingerprint density at radius 1 is 1.19 bits per heavy atom. The Balaban J connectivity index is 1.85. The van der Waals surface area contributed by atoms with E-state index in [-0.39, 0.29) is 18.1 Å². The number of tetrazole rings is 1. The van der Waals surface area contributed by atoms with Gasteiger partial charge in [-0.2, -0.15) is 0 Å². The van der Waals surface area contributed by atoms with Crippen LogP contribution in [0.15, 0.2) is 24.3 Å². The third-order valence-corrected chi connectivity index (χ3v) is 4.27. The Labute approximate surface area is 122 Å². The van der Waals surface area contributed by atoms with Crippen LogP contribution in [0.1, 0.15) is 5.82 Å². The highest BCUT2D eigenvalue weighted by atomic mass is 32.2. The molecule has 0 saturated heterocycles. The molecule has 1 aromatic heterocycles. The van der Waals surface area contributed by atoms with Crippen LogP contribution in [0.2, 0.25) is 0 Å². The largest absolute Gasteiger partial charge is 0.497 e. The molecule has 8 nitrogen and oxygen atoms in total. The zero-order chi connectivity index (χ0) is 15.3. The Bertz CT molecular complexity index is 682. The van der Waals surface area contributed by atoms with E-state index in [0.717, 1.165) is 0 Å². The van der Waals surface area contributed by atoms with Gasteiger partial charge in [-0.3, -0.25) is 0 Å². The van der Waals surface area contributed by atoms with Crippen molar-refractivity contribution in [3.8, 4) is 11.5 Å². The molecule has 0 N–H and O–H groups in total. The molecule has 114 valence electrons. The van der Waals surface area contributed by atoms with Crippen molar-refractivity contribution < 1.29 is 17.9 Å². The van der Waals surface area contributed by atoms with Gasteiger partial charge in [0.2, 0.25) is 0 Å². The smallest absolute Gasteiger partial charge is 0.165 e. The maximum absolute atomic E-state index is 11.9. The number of ether oxygens (including phenoxy) is 2. The van der Waals surface area contributed by atoms with Crippen LogP contribution < -0.4 is 9.47 Å². The second-order valence-corrected chi connectivity index (χ2v) is 6.52. The van der Waals surface area contributed by atoms with Crippen LogP contribution in [0.3, 0.4) is 0 Å². The minimum Gasteiger partial charge on any atom is -0.497 e. The number of sulfone groups is 1. The van der Waals surface area contributed by atoms with Gasteiger partial charge in [0.05, 0.1) is 12.9 Å². The summed E-state index contributed by atoms with van der Waals surface area (Å²) < 4.78 is 35.6. The monoisotopic (exact) mass is 312 g/mol. The zero-order valence-corrected chi connectivity index (χ0v) is 12.6. The first-order valence-corrected chi connectivity index (χ1v) is 8.01. The topological polar surface area (TPSA) is 96.2 Å². The van der Waals surface area contributed by atoms with E-state index in [9.17, 15) is 8.42 Å². The van der Waals surface area contributed by atoms with Gasteiger partial charge in [0.1, 0.15) is 23.9 Å². The van der Waals surface area contributed by atoms with Crippen LogP contribution in [0.4, 0.5) is 0 Å². The summed E-state index contributed by atoms with van der Waals surface area (Å²) in [5.41, 5.74) is 0. The molecule has 0 unspecified atom stereocenters. The maximum Gasteiger partial charge on any atom is 0.165 e. The maximum atomic E-state index is 11.9. The molecule has 0 bridgehead atoms. The third kappa shape index (κ3) is 4.42. The highest BCUT2D eigenvalue weighted by Gasteiger charge is 2.16. The second-order valence-electron chi connectivity index (χ2n) is 4.33. The summed E-state index contributed by atoms with van der Waals surface area (Å²) in [7, 11) is -0.154. The Kier molecular flexibility index (Phi) is 4.73. The number of methoxy groups -OCH3 is 1. The average Bonchev–Trinajstić information content (AvgIpc) is 2.84. The Morgan fingerprint density at radius 3 is 2.43 bits per heavy atom. The van der Waals surface area contributed by atoms with Crippen LogP contribution >= 0.6 is 0 Å². The van der Waals surface area contributed by atoms with E-state index in [1.165, 1.54) is 4.68 Å². The van der Waals surface area contributed by atoms with E-state index >= 15 is 0 Å². The summed E-state index contributed by atoms with van der Waals surface area (Å²) in [5, 5.41) is 10.7. The first kappa shape index (κ1) is 15.2. The molecule has 1 heterocycles. The predicted molar refractivity (Wildman–Crippen MR) is 74.8 cm³/mol. The fourth-order valence-corrected chi connectivity index (χ4v) is 2.72. The van der Waals surface area contributed by atoms with Gasteiger partial charge < -0.3 is 9.47 Å². The van der Waals surface area contributed by atoms with Gasteiger partial charge in [0, 0.05) is 7.05 Å². The lowest BCUT2D eigenvalue weighted by Crippen LogP contribution is -2.18. The number of aryl methyl sites for hydroxylation is 1. The van der Waals surface area contributed by atoms with Crippen molar-refractivity contribution in [2.75, 3.05) is 19.5 Å². The first-order valence-electron chi connectivity index (χ1n) is 6.19. The number of nitrogens with zero attached hydrogens (tertiary/aromatic N) is 4. The van der Waals surface area contributed by atoms with Crippen molar-refractivity contribution in [2.24, 2.45) is 7.05 Å². The van der Waals surface area contributed by atoms with E-state index in [1.807, 2.05) is 0 Å². The average molecular weight is 312 g/mol. The minimum atomic E-state index is -3.32. The molecule has 21 heavy (non-hydrogen) atoms. The number of hydrogen-bond donors (Lipinski definition) is 0. The van der Waals surface area contributed by atoms with Crippen LogP contribution in [0.25, 0.3) is 0 Å². The molecule has 2 rings (SSSR count). The first-order chi connectivity index (χ1) is 10.00. The molecular formula is C12H16N4O4S. The summed E-state index contributed by atoms with van der Waals surface area (Å²) in [5.74, 6) is 1.30. The third-order valence-electron chi connectivity index (χ3n) is 2.78. The second kappa shape index (κ2) is 6.53. The lowest BCUT2D eigenvalue weighted by atomic mass is 10.3. The summed E-state index contributed by atoms with van der Waals surface area (Å²) in [4.78, 5) is 0. The molecule has 0 aliphatic heterocycles. The van der Waals surface area contributed by atoms with Crippen molar-refractivity contribution in [2.45, 2.75) is 5.75 Å². The lowest BCUT2D eigenvalue weighted by molar-refractivity contribution is 0.339. The van der Waals surface area contributed by atoms with Crippen molar-refractivity contribution in [3.63, 3.8) is 0 Å². The molecule has 0 amide bonds.